The van der Waals surface area contributed by atoms with E-state index < -0.39 is 0 Å². The highest BCUT2D eigenvalue weighted by molar-refractivity contribution is 5.83. The first-order chi connectivity index (χ1) is 6.94. The molecule has 0 amide bonds. The van der Waals surface area contributed by atoms with Crippen LogP contribution in [0.25, 0.3) is 0 Å². The third-order valence-corrected chi connectivity index (χ3v) is 3.96. The Morgan fingerprint density at radius 1 is 1.27 bits per heavy atom. The van der Waals surface area contributed by atoms with Crippen molar-refractivity contribution in [3.8, 4) is 0 Å². The van der Waals surface area contributed by atoms with E-state index in [9.17, 15) is 4.79 Å². The van der Waals surface area contributed by atoms with Crippen LogP contribution in [-0.4, -0.2) is 5.78 Å². The number of hydrogen-bond donors (Lipinski definition) is 0. The second-order valence-electron chi connectivity index (χ2n) is 5.12. The summed E-state index contributed by atoms with van der Waals surface area (Å²) in [6.07, 6.45) is 1.84. The number of carbonyl (C=O) groups is 1. The second kappa shape index (κ2) is 3.19. The van der Waals surface area contributed by atoms with Crippen molar-refractivity contribution < 1.29 is 4.79 Å². The molecule has 0 heterocycles. The number of Topliss-reactive ketones (excluding diaryl/α,β-unsaturated/α-hetero) is 1. The van der Waals surface area contributed by atoms with Crippen LogP contribution in [-0.2, 0) is 17.6 Å². The van der Waals surface area contributed by atoms with Crippen molar-refractivity contribution in [1.29, 1.82) is 0 Å². The fraction of sp³-hybridized carbons (Fsp3) is 0.500. The first-order valence-corrected chi connectivity index (χ1v) is 5.53. The molecule has 1 nitrogen and oxygen atoms in total. The molecule has 1 aliphatic carbocycles. The van der Waals surface area contributed by atoms with Crippen molar-refractivity contribution in [3.63, 3.8) is 0 Å². The summed E-state index contributed by atoms with van der Waals surface area (Å²) in [7, 11) is 0. The van der Waals surface area contributed by atoms with Crippen molar-refractivity contribution >= 4 is 5.78 Å². The minimum absolute atomic E-state index is 0.152. The van der Waals surface area contributed by atoms with E-state index in [-0.39, 0.29) is 5.41 Å². The lowest BCUT2D eigenvalue weighted by atomic mass is 9.83. The highest BCUT2D eigenvalue weighted by Gasteiger charge is 2.37. The van der Waals surface area contributed by atoms with Gasteiger partial charge < -0.3 is 0 Å². The lowest BCUT2D eigenvalue weighted by molar-refractivity contribution is -0.125. The molecule has 1 heteroatoms. The van der Waals surface area contributed by atoms with E-state index in [2.05, 4.69) is 32.9 Å². The molecule has 2 rings (SSSR count). The summed E-state index contributed by atoms with van der Waals surface area (Å²) in [6.45, 7) is 8.11. The normalized spacial score (nSPS) is 24.0. The van der Waals surface area contributed by atoms with Gasteiger partial charge in [0, 0.05) is 5.41 Å². The van der Waals surface area contributed by atoms with Gasteiger partial charge in [0.1, 0.15) is 5.78 Å². The molecule has 1 aromatic carbocycles. The number of hydrogen-bond acceptors (Lipinski definition) is 1. The Balaban J connectivity index is 2.48. The van der Waals surface area contributed by atoms with Gasteiger partial charge in [-0.2, -0.15) is 0 Å². The first kappa shape index (κ1) is 10.4. The Kier molecular flexibility index (Phi) is 2.22. The zero-order valence-electron chi connectivity index (χ0n) is 9.98. The molecule has 0 N–H and O–H groups in total. The maximum absolute atomic E-state index is 11.6. The van der Waals surface area contributed by atoms with Gasteiger partial charge in [-0.15, -0.1) is 0 Å². The van der Waals surface area contributed by atoms with Gasteiger partial charge in [0.2, 0.25) is 0 Å². The smallest absolute Gasteiger partial charge is 0.136 e. The average Bonchev–Trinajstić information content (AvgIpc) is 2.51. The number of aryl methyl sites for hydroxylation is 1. The quantitative estimate of drug-likeness (QED) is 0.684. The average molecular weight is 202 g/mol. The van der Waals surface area contributed by atoms with Gasteiger partial charge in [0.15, 0.2) is 0 Å². The van der Waals surface area contributed by atoms with Gasteiger partial charge in [-0.25, -0.2) is 0 Å². The van der Waals surface area contributed by atoms with E-state index in [4.69, 9.17) is 0 Å². The highest BCUT2D eigenvalue weighted by Crippen LogP contribution is 2.39. The molecule has 0 bridgehead atoms. The Morgan fingerprint density at radius 2 is 1.93 bits per heavy atom. The van der Waals surface area contributed by atoms with Gasteiger partial charge in [0.05, 0.1) is 0 Å². The Labute approximate surface area is 91.5 Å². The van der Waals surface area contributed by atoms with Gasteiger partial charge in [-0.3, -0.25) is 4.79 Å². The summed E-state index contributed by atoms with van der Waals surface area (Å²) in [4.78, 5) is 11.6. The molecular weight excluding hydrogens is 184 g/mol. The van der Waals surface area contributed by atoms with Gasteiger partial charge in [-0.05, 0) is 55.9 Å². The number of carbonyl (C=O) groups excluding carboxylic acids is 1. The maximum atomic E-state index is 11.6. The second-order valence-corrected chi connectivity index (χ2v) is 5.12. The van der Waals surface area contributed by atoms with E-state index in [1.54, 1.807) is 6.92 Å². The van der Waals surface area contributed by atoms with E-state index in [0.29, 0.717) is 5.78 Å². The number of fused-ring (bicyclic) bond motifs is 1. The summed E-state index contributed by atoms with van der Waals surface area (Å²) in [6, 6.07) is 4.35. The Morgan fingerprint density at radius 3 is 2.53 bits per heavy atom. The minimum atomic E-state index is -0.152. The van der Waals surface area contributed by atoms with Crippen molar-refractivity contribution in [3.05, 3.63) is 34.4 Å². The van der Waals surface area contributed by atoms with Crippen LogP contribution in [0.5, 0.6) is 0 Å². The molecule has 80 valence electrons. The molecule has 0 saturated carbocycles. The molecule has 1 aromatic rings. The molecule has 1 aliphatic rings. The third-order valence-electron chi connectivity index (χ3n) is 3.96. The van der Waals surface area contributed by atoms with E-state index >= 15 is 0 Å². The molecule has 0 radical (unpaired) electrons. The molecule has 1 atom stereocenters. The van der Waals surface area contributed by atoms with Crippen molar-refractivity contribution in [2.45, 2.75) is 40.5 Å². The molecule has 15 heavy (non-hydrogen) atoms. The highest BCUT2D eigenvalue weighted by atomic mass is 16.1. The molecule has 1 unspecified atom stereocenters. The summed E-state index contributed by atoms with van der Waals surface area (Å²) in [5, 5.41) is 0. The largest absolute Gasteiger partial charge is 0.299 e. The van der Waals surface area contributed by atoms with Gasteiger partial charge in [-0.1, -0.05) is 19.1 Å². The van der Waals surface area contributed by atoms with Crippen molar-refractivity contribution in [2.75, 3.05) is 0 Å². The monoisotopic (exact) mass is 202 g/mol. The van der Waals surface area contributed by atoms with Crippen LogP contribution in [0.3, 0.4) is 0 Å². The summed E-state index contributed by atoms with van der Waals surface area (Å²) in [5.41, 5.74) is 5.34. The number of ketones is 1. The number of rotatable bonds is 1. The molecule has 0 saturated heterocycles. The van der Waals surface area contributed by atoms with E-state index in [1.165, 1.54) is 22.3 Å². The topological polar surface area (TPSA) is 17.1 Å². The summed E-state index contributed by atoms with van der Waals surface area (Å²) < 4.78 is 0. The fourth-order valence-corrected chi connectivity index (χ4v) is 2.46. The van der Waals surface area contributed by atoms with Crippen LogP contribution in [0.1, 0.15) is 36.1 Å². The van der Waals surface area contributed by atoms with Crippen LogP contribution in [0.15, 0.2) is 12.1 Å². The lowest BCUT2D eigenvalue weighted by Gasteiger charge is -2.19. The summed E-state index contributed by atoms with van der Waals surface area (Å²) in [5.74, 6) is 0.316. The van der Waals surface area contributed by atoms with E-state index in [0.717, 1.165) is 12.8 Å². The Hall–Kier alpha value is -1.11. The third kappa shape index (κ3) is 1.50. The van der Waals surface area contributed by atoms with Gasteiger partial charge >= 0.3 is 0 Å². The Bertz CT molecular complexity index is 431. The summed E-state index contributed by atoms with van der Waals surface area (Å²) >= 11 is 0. The predicted octanol–water partition coefficient (Wildman–Crippen LogP) is 3.00. The zero-order chi connectivity index (χ0) is 11.2. The van der Waals surface area contributed by atoms with E-state index in [1.807, 2.05) is 0 Å². The van der Waals surface area contributed by atoms with Crippen molar-refractivity contribution in [2.24, 2.45) is 5.41 Å². The van der Waals surface area contributed by atoms with Crippen LogP contribution < -0.4 is 0 Å². The minimum Gasteiger partial charge on any atom is -0.299 e. The van der Waals surface area contributed by atoms with Crippen molar-refractivity contribution in [1.82, 2.24) is 0 Å². The molecule has 0 spiro atoms. The zero-order valence-corrected chi connectivity index (χ0v) is 9.98. The lowest BCUT2D eigenvalue weighted by Crippen LogP contribution is -2.25. The molecule has 0 aliphatic heterocycles. The van der Waals surface area contributed by atoms with Crippen LogP contribution in [0.4, 0.5) is 0 Å². The fourth-order valence-electron chi connectivity index (χ4n) is 2.46. The standard InChI is InChI=1S/C14H18O/c1-9-5-6-12-7-14(4,11(3)15)8-13(12)10(9)2/h5-6H,7-8H2,1-4H3. The number of benzene rings is 1. The molecule has 0 aromatic heterocycles. The molecular formula is C14H18O. The van der Waals surface area contributed by atoms with Gasteiger partial charge in [0.25, 0.3) is 0 Å². The molecule has 0 fully saturated rings. The van der Waals surface area contributed by atoms with Crippen LogP contribution in [0, 0.1) is 19.3 Å². The van der Waals surface area contributed by atoms with Crippen LogP contribution >= 0.6 is 0 Å². The predicted molar refractivity (Wildman–Crippen MR) is 62.1 cm³/mol. The maximum Gasteiger partial charge on any atom is 0.136 e. The van der Waals surface area contributed by atoms with Crippen LogP contribution in [0.2, 0.25) is 0 Å². The SMILES string of the molecule is CC(=O)C1(C)Cc2ccc(C)c(C)c2C1. The first-order valence-electron chi connectivity index (χ1n) is 5.53.